The Hall–Kier alpha value is -3.39. The molecule has 0 atom stereocenters. The lowest BCUT2D eigenvalue weighted by molar-refractivity contribution is -0.136. The van der Waals surface area contributed by atoms with Crippen molar-refractivity contribution in [2.75, 3.05) is 32.8 Å². The highest BCUT2D eigenvalue weighted by atomic mass is 16.5. The van der Waals surface area contributed by atoms with Crippen LogP contribution < -0.4 is 10.6 Å². The number of alkyl carbamates (subject to hydrolysis) is 1. The molecular weight excluding hydrogens is 422 g/mol. The van der Waals surface area contributed by atoms with E-state index in [4.69, 9.17) is 9.84 Å². The van der Waals surface area contributed by atoms with Gasteiger partial charge in [0.2, 0.25) is 5.91 Å². The number of piperidine rings is 1. The molecule has 8 nitrogen and oxygen atoms in total. The number of nitrogens with zero attached hydrogens (tertiary/aromatic N) is 1. The Morgan fingerprint density at radius 3 is 2.18 bits per heavy atom. The zero-order chi connectivity index (χ0) is 23.2. The normalized spacial score (nSPS) is 16.0. The minimum atomic E-state index is -0.935. The number of carboxylic acid groups (broad SMARTS) is 1. The molecule has 1 aliphatic heterocycles. The zero-order valence-corrected chi connectivity index (χ0v) is 18.5. The van der Waals surface area contributed by atoms with Gasteiger partial charge in [0.05, 0.1) is 13.0 Å². The van der Waals surface area contributed by atoms with Crippen LogP contribution in [0.1, 0.15) is 36.3 Å². The van der Waals surface area contributed by atoms with Crippen LogP contribution in [0.4, 0.5) is 4.79 Å². The molecule has 0 radical (unpaired) electrons. The van der Waals surface area contributed by atoms with Crippen LogP contribution in [0.25, 0.3) is 11.1 Å². The number of carbonyl (C=O) groups is 3. The third kappa shape index (κ3) is 5.70. The predicted molar refractivity (Wildman–Crippen MR) is 123 cm³/mol. The molecule has 174 valence electrons. The molecule has 4 rings (SSSR count). The van der Waals surface area contributed by atoms with Crippen LogP contribution in [0.3, 0.4) is 0 Å². The number of hydrogen-bond donors (Lipinski definition) is 3. The highest BCUT2D eigenvalue weighted by Gasteiger charge is 2.29. The molecule has 0 spiro atoms. The molecule has 0 aromatic heterocycles. The van der Waals surface area contributed by atoms with Gasteiger partial charge in [-0.15, -0.1) is 0 Å². The predicted octanol–water partition coefficient (Wildman–Crippen LogP) is 2.58. The van der Waals surface area contributed by atoms with E-state index >= 15 is 0 Å². The fraction of sp³-hybridized carbons (Fsp3) is 0.400. The van der Waals surface area contributed by atoms with E-state index < -0.39 is 12.1 Å². The lowest BCUT2D eigenvalue weighted by Gasteiger charge is -2.31. The minimum absolute atomic E-state index is 0.00646. The van der Waals surface area contributed by atoms with Crippen LogP contribution in [-0.4, -0.2) is 66.8 Å². The first kappa shape index (κ1) is 22.8. The largest absolute Gasteiger partial charge is 0.481 e. The van der Waals surface area contributed by atoms with Gasteiger partial charge in [-0.25, -0.2) is 4.79 Å². The fourth-order valence-electron chi connectivity index (χ4n) is 4.61. The molecule has 1 saturated heterocycles. The van der Waals surface area contributed by atoms with E-state index in [9.17, 15) is 14.4 Å². The average molecular weight is 452 g/mol. The quantitative estimate of drug-likeness (QED) is 0.569. The smallest absolute Gasteiger partial charge is 0.407 e. The van der Waals surface area contributed by atoms with Gasteiger partial charge in [0.15, 0.2) is 0 Å². The number of likely N-dealkylation sites (tertiary alicyclic amines) is 1. The van der Waals surface area contributed by atoms with Crippen molar-refractivity contribution in [1.29, 1.82) is 0 Å². The van der Waals surface area contributed by atoms with Gasteiger partial charge >= 0.3 is 12.1 Å². The molecule has 0 saturated carbocycles. The Balaban J connectivity index is 1.21. The molecule has 2 aromatic carbocycles. The van der Waals surface area contributed by atoms with Gasteiger partial charge in [0.25, 0.3) is 0 Å². The van der Waals surface area contributed by atoms with E-state index in [0.29, 0.717) is 13.1 Å². The summed E-state index contributed by atoms with van der Waals surface area (Å²) >= 11 is 0. The summed E-state index contributed by atoms with van der Waals surface area (Å²) in [5, 5.41) is 14.2. The second kappa shape index (κ2) is 10.5. The third-order valence-corrected chi connectivity index (χ3v) is 6.28. The Bertz CT molecular complexity index is 971. The molecule has 33 heavy (non-hydrogen) atoms. The number of carbonyl (C=O) groups excluding carboxylic acids is 2. The Morgan fingerprint density at radius 2 is 1.58 bits per heavy atom. The number of ether oxygens (including phenoxy) is 1. The van der Waals surface area contributed by atoms with E-state index in [0.717, 1.165) is 12.8 Å². The molecule has 0 bridgehead atoms. The summed E-state index contributed by atoms with van der Waals surface area (Å²) in [6.07, 6.45) is 0.957. The first-order valence-corrected chi connectivity index (χ1v) is 11.3. The maximum Gasteiger partial charge on any atom is 0.407 e. The molecule has 8 heteroatoms. The molecular formula is C25H29N3O5. The lowest BCUT2D eigenvalue weighted by Crippen LogP contribution is -2.47. The third-order valence-electron chi connectivity index (χ3n) is 6.28. The van der Waals surface area contributed by atoms with Gasteiger partial charge < -0.3 is 20.5 Å². The van der Waals surface area contributed by atoms with Crippen molar-refractivity contribution >= 4 is 18.0 Å². The maximum absolute atomic E-state index is 12.5. The molecule has 1 fully saturated rings. The summed E-state index contributed by atoms with van der Waals surface area (Å²) in [7, 11) is 0. The van der Waals surface area contributed by atoms with Crippen LogP contribution in [0, 0.1) is 0 Å². The second-order valence-corrected chi connectivity index (χ2v) is 8.51. The number of aliphatic carboxylic acids is 1. The summed E-state index contributed by atoms with van der Waals surface area (Å²) in [6.45, 7) is 2.02. The first-order valence-electron chi connectivity index (χ1n) is 11.3. The van der Waals surface area contributed by atoms with Crippen molar-refractivity contribution in [3.63, 3.8) is 0 Å². The van der Waals surface area contributed by atoms with Crippen molar-refractivity contribution < 1.29 is 24.2 Å². The first-order chi connectivity index (χ1) is 16.0. The van der Waals surface area contributed by atoms with E-state index in [-0.39, 0.29) is 44.0 Å². The average Bonchev–Trinajstić information content (AvgIpc) is 3.12. The van der Waals surface area contributed by atoms with Crippen LogP contribution in [0.5, 0.6) is 0 Å². The summed E-state index contributed by atoms with van der Waals surface area (Å²) in [5.74, 6) is -1.08. The van der Waals surface area contributed by atoms with E-state index in [1.807, 2.05) is 29.2 Å². The van der Waals surface area contributed by atoms with Gasteiger partial charge in [-0.1, -0.05) is 48.5 Å². The van der Waals surface area contributed by atoms with Gasteiger partial charge in [-0.3, -0.25) is 14.5 Å². The second-order valence-electron chi connectivity index (χ2n) is 8.51. The Labute approximate surface area is 192 Å². The number of hydrogen-bond acceptors (Lipinski definition) is 5. The number of nitrogens with one attached hydrogen (secondary N) is 2. The van der Waals surface area contributed by atoms with Gasteiger partial charge in [-0.05, 0) is 35.1 Å². The van der Waals surface area contributed by atoms with Crippen molar-refractivity contribution in [1.82, 2.24) is 15.5 Å². The standard InChI is InChI=1S/C25H29N3O5/c29-23(26-12-9-24(30)31)15-28-13-10-17(11-14-28)27-25(32)33-16-22-20-7-3-1-5-18(20)19-6-2-4-8-21(19)22/h1-8,17,22H,9-16H2,(H,26,29)(H,27,32)(H,30,31). The van der Waals surface area contributed by atoms with Crippen LogP contribution >= 0.6 is 0 Å². The number of carboxylic acids is 1. The zero-order valence-electron chi connectivity index (χ0n) is 18.5. The van der Waals surface area contributed by atoms with Crippen molar-refractivity contribution in [2.45, 2.75) is 31.2 Å². The minimum Gasteiger partial charge on any atom is -0.481 e. The maximum atomic E-state index is 12.5. The van der Waals surface area contributed by atoms with Crippen molar-refractivity contribution in [2.24, 2.45) is 0 Å². The van der Waals surface area contributed by atoms with Crippen molar-refractivity contribution in [3.05, 3.63) is 59.7 Å². The highest BCUT2D eigenvalue weighted by molar-refractivity contribution is 5.79. The fourth-order valence-corrected chi connectivity index (χ4v) is 4.61. The number of rotatable bonds is 8. The van der Waals surface area contributed by atoms with Crippen LogP contribution in [0.15, 0.2) is 48.5 Å². The molecule has 2 aromatic rings. The Kier molecular flexibility index (Phi) is 7.24. The topological polar surface area (TPSA) is 108 Å². The van der Waals surface area contributed by atoms with Gasteiger partial charge in [0.1, 0.15) is 6.61 Å². The molecule has 1 aliphatic carbocycles. The molecule has 0 unspecified atom stereocenters. The molecule has 3 N–H and O–H groups in total. The SMILES string of the molecule is O=C(O)CCNC(=O)CN1CCC(NC(=O)OCC2c3ccccc3-c3ccccc32)CC1. The summed E-state index contributed by atoms with van der Waals surface area (Å²) in [5.41, 5.74) is 4.76. The van der Waals surface area contributed by atoms with Gasteiger partial charge in [-0.2, -0.15) is 0 Å². The van der Waals surface area contributed by atoms with E-state index in [1.54, 1.807) is 0 Å². The van der Waals surface area contributed by atoms with Crippen molar-refractivity contribution in [3.8, 4) is 11.1 Å². The highest BCUT2D eigenvalue weighted by Crippen LogP contribution is 2.44. The summed E-state index contributed by atoms with van der Waals surface area (Å²) < 4.78 is 5.62. The van der Waals surface area contributed by atoms with Crippen LogP contribution in [-0.2, 0) is 14.3 Å². The number of amides is 2. The Morgan fingerprint density at radius 1 is 0.970 bits per heavy atom. The lowest BCUT2D eigenvalue weighted by atomic mass is 9.98. The van der Waals surface area contributed by atoms with E-state index in [1.165, 1.54) is 22.3 Å². The van der Waals surface area contributed by atoms with Gasteiger partial charge in [0, 0.05) is 31.6 Å². The number of benzene rings is 2. The van der Waals surface area contributed by atoms with Crippen LogP contribution in [0.2, 0.25) is 0 Å². The van der Waals surface area contributed by atoms with E-state index in [2.05, 4.69) is 34.9 Å². The summed E-state index contributed by atoms with van der Waals surface area (Å²) in [6, 6.07) is 16.5. The number of fused-ring (bicyclic) bond motifs is 3. The monoisotopic (exact) mass is 451 g/mol. The summed E-state index contributed by atoms with van der Waals surface area (Å²) in [4.78, 5) is 36.9. The molecule has 2 amide bonds. The molecule has 2 aliphatic rings. The molecule has 1 heterocycles.